The van der Waals surface area contributed by atoms with Crippen LogP contribution in [0.4, 0.5) is 4.79 Å². The number of rotatable bonds is 2. The Morgan fingerprint density at radius 2 is 1.53 bits per heavy atom. The SMILES string of the molecule is COC(=O)[C@@H]1C[C@@H](C(=O)OC)NC(=O)N1. The van der Waals surface area contributed by atoms with Crippen molar-refractivity contribution in [3.8, 4) is 0 Å². The first-order valence-corrected chi connectivity index (χ1v) is 4.31. The van der Waals surface area contributed by atoms with E-state index in [9.17, 15) is 14.4 Å². The Morgan fingerprint density at radius 1 is 1.13 bits per heavy atom. The topological polar surface area (TPSA) is 93.7 Å². The summed E-state index contributed by atoms with van der Waals surface area (Å²) < 4.78 is 8.93. The second-order valence-electron chi connectivity index (χ2n) is 3.00. The van der Waals surface area contributed by atoms with Gasteiger partial charge in [0.1, 0.15) is 12.1 Å². The van der Waals surface area contributed by atoms with Gasteiger partial charge in [0.15, 0.2) is 0 Å². The molecule has 0 saturated carbocycles. The lowest BCUT2D eigenvalue weighted by atomic mass is 10.1. The van der Waals surface area contributed by atoms with Gasteiger partial charge in [-0.3, -0.25) is 0 Å². The van der Waals surface area contributed by atoms with Crippen LogP contribution in [0.1, 0.15) is 6.42 Å². The van der Waals surface area contributed by atoms with Crippen LogP contribution in [0.25, 0.3) is 0 Å². The highest BCUT2D eigenvalue weighted by atomic mass is 16.5. The fourth-order valence-electron chi connectivity index (χ4n) is 1.31. The van der Waals surface area contributed by atoms with Crippen LogP contribution in [0.3, 0.4) is 0 Å². The van der Waals surface area contributed by atoms with Crippen molar-refractivity contribution in [2.45, 2.75) is 18.5 Å². The van der Waals surface area contributed by atoms with Crippen molar-refractivity contribution in [1.29, 1.82) is 0 Å². The molecule has 1 saturated heterocycles. The van der Waals surface area contributed by atoms with Crippen molar-refractivity contribution < 1.29 is 23.9 Å². The van der Waals surface area contributed by atoms with E-state index in [2.05, 4.69) is 20.1 Å². The second-order valence-corrected chi connectivity index (χ2v) is 3.00. The van der Waals surface area contributed by atoms with Crippen LogP contribution in [0.2, 0.25) is 0 Å². The zero-order chi connectivity index (χ0) is 11.4. The first kappa shape index (κ1) is 11.3. The molecule has 0 unspecified atom stereocenters. The quantitative estimate of drug-likeness (QED) is 0.564. The van der Waals surface area contributed by atoms with Gasteiger partial charge in [0, 0.05) is 6.42 Å². The summed E-state index contributed by atoms with van der Waals surface area (Å²) in [5, 5.41) is 4.69. The lowest BCUT2D eigenvalue weighted by molar-refractivity contribution is -0.146. The Balaban J connectivity index is 2.67. The van der Waals surface area contributed by atoms with E-state index in [-0.39, 0.29) is 6.42 Å². The molecule has 0 aromatic rings. The Bertz CT molecular complexity index is 265. The van der Waals surface area contributed by atoms with Crippen molar-refractivity contribution in [2.24, 2.45) is 0 Å². The molecule has 7 heteroatoms. The van der Waals surface area contributed by atoms with E-state index >= 15 is 0 Å². The minimum atomic E-state index is -0.812. The van der Waals surface area contributed by atoms with Crippen LogP contribution in [0.15, 0.2) is 0 Å². The highest BCUT2D eigenvalue weighted by Crippen LogP contribution is 2.07. The number of methoxy groups -OCH3 is 2. The lowest BCUT2D eigenvalue weighted by Crippen LogP contribution is -2.59. The van der Waals surface area contributed by atoms with E-state index in [0.29, 0.717) is 0 Å². The fraction of sp³-hybridized carbons (Fsp3) is 0.625. The van der Waals surface area contributed by atoms with Crippen LogP contribution in [-0.2, 0) is 19.1 Å². The predicted octanol–water partition coefficient (Wildman–Crippen LogP) is -1.23. The van der Waals surface area contributed by atoms with Gasteiger partial charge in [-0.2, -0.15) is 0 Å². The van der Waals surface area contributed by atoms with Crippen molar-refractivity contribution >= 4 is 18.0 Å². The number of carbonyl (C=O) groups is 3. The summed E-state index contributed by atoms with van der Waals surface area (Å²) in [6, 6.07) is -2.22. The molecule has 0 radical (unpaired) electrons. The normalized spacial score (nSPS) is 24.8. The van der Waals surface area contributed by atoms with Gasteiger partial charge >= 0.3 is 18.0 Å². The third-order valence-electron chi connectivity index (χ3n) is 2.05. The van der Waals surface area contributed by atoms with Crippen molar-refractivity contribution in [3.63, 3.8) is 0 Å². The van der Waals surface area contributed by atoms with E-state index in [1.165, 1.54) is 14.2 Å². The van der Waals surface area contributed by atoms with Crippen molar-refractivity contribution in [1.82, 2.24) is 10.6 Å². The number of carbonyl (C=O) groups excluding carboxylic acids is 3. The average Bonchev–Trinajstić information content (AvgIpc) is 2.26. The minimum Gasteiger partial charge on any atom is -0.467 e. The molecule has 0 aromatic heterocycles. The molecule has 1 aliphatic heterocycles. The van der Waals surface area contributed by atoms with Gasteiger partial charge in [-0.05, 0) is 0 Å². The molecule has 1 aliphatic rings. The Labute approximate surface area is 86.1 Å². The third kappa shape index (κ3) is 2.58. The van der Waals surface area contributed by atoms with Gasteiger partial charge in [-0.1, -0.05) is 0 Å². The van der Waals surface area contributed by atoms with Crippen LogP contribution in [0, 0.1) is 0 Å². The maximum absolute atomic E-state index is 11.2. The lowest BCUT2D eigenvalue weighted by Gasteiger charge is -2.27. The van der Waals surface area contributed by atoms with Crippen LogP contribution in [-0.4, -0.2) is 44.3 Å². The minimum absolute atomic E-state index is 0.116. The summed E-state index contributed by atoms with van der Waals surface area (Å²) >= 11 is 0. The van der Waals surface area contributed by atoms with Gasteiger partial charge in [-0.25, -0.2) is 14.4 Å². The fourth-order valence-corrected chi connectivity index (χ4v) is 1.31. The maximum atomic E-state index is 11.2. The molecule has 2 N–H and O–H groups in total. The highest BCUT2D eigenvalue weighted by Gasteiger charge is 2.35. The first-order valence-electron chi connectivity index (χ1n) is 4.31. The summed E-state index contributed by atoms with van der Waals surface area (Å²) in [5.74, 6) is -1.17. The van der Waals surface area contributed by atoms with Gasteiger partial charge in [0.2, 0.25) is 0 Å². The standard InChI is InChI=1S/C8H12N2O5/c1-14-6(11)4-3-5(7(12)15-2)10-8(13)9-4/h4-5H,3H2,1-2H3,(H2,9,10,13)/t4-,5-/m0/s1. The van der Waals surface area contributed by atoms with Gasteiger partial charge in [0.05, 0.1) is 14.2 Å². The predicted molar refractivity (Wildman–Crippen MR) is 47.9 cm³/mol. The highest BCUT2D eigenvalue weighted by molar-refractivity contribution is 5.90. The van der Waals surface area contributed by atoms with E-state index in [1.807, 2.05) is 0 Å². The Morgan fingerprint density at radius 3 is 1.87 bits per heavy atom. The van der Waals surface area contributed by atoms with Crippen molar-refractivity contribution in [3.05, 3.63) is 0 Å². The van der Waals surface area contributed by atoms with Crippen molar-refractivity contribution in [2.75, 3.05) is 14.2 Å². The number of ether oxygens (including phenoxy) is 2. The molecule has 84 valence electrons. The van der Waals surface area contributed by atoms with E-state index in [0.717, 1.165) is 0 Å². The molecule has 1 rings (SSSR count). The molecule has 1 fully saturated rings. The molecule has 2 amide bonds. The van der Waals surface area contributed by atoms with E-state index < -0.39 is 30.1 Å². The molecule has 0 aromatic carbocycles. The molecule has 7 nitrogen and oxygen atoms in total. The molecule has 1 heterocycles. The molecule has 0 aliphatic carbocycles. The largest absolute Gasteiger partial charge is 0.467 e. The van der Waals surface area contributed by atoms with Gasteiger partial charge in [0.25, 0.3) is 0 Å². The number of esters is 2. The zero-order valence-electron chi connectivity index (χ0n) is 8.40. The van der Waals surface area contributed by atoms with Crippen LogP contribution in [0.5, 0.6) is 0 Å². The summed E-state index contributed by atoms with van der Waals surface area (Å²) in [6.07, 6.45) is 0.116. The van der Waals surface area contributed by atoms with Gasteiger partial charge in [-0.15, -0.1) is 0 Å². The Kier molecular flexibility index (Phi) is 3.48. The summed E-state index contributed by atoms with van der Waals surface area (Å²) in [7, 11) is 2.42. The smallest absolute Gasteiger partial charge is 0.328 e. The second kappa shape index (κ2) is 4.63. The zero-order valence-corrected chi connectivity index (χ0v) is 8.40. The monoisotopic (exact) mass is 216 g/mol. The molecular weight excluding hydrogens is 204 g/mol. The summed E-state index contributed by atoms with van der Waals surface area (Å²) in [5.41, 5.74) is 0. The molecule has 0 spiro atoms. The number of nitrogens with one attached hydrogen (secondary N) is 2. The maximum Gasteiger partial charge on any atom is 0.328 e. The van der Waals surface area contributed by atoms with Crippen LogP contribution < -0.4 is 10.6 Å². The summed E-state index contributed by atoms with van der Waals surface area (Å²) in [6.45, 7) is 0. The number of urea groups is 1. The Hall–Kier alpha value is -1.79. The average molecular weight is 216 g/mol. The van der Waals surface area contributed by atoms with E-state index in [4.69, 9.17) is 0 Å². The molecule has 0 bridgehead atoms. The number of hydrogen-bond acceptors (Lipinski definition) is 5. The van der Waals surface area contributed by atoms with Crippen LogP contribution >= 0.6 is 0 Å². The first-order chi connectivity index (χ1) is 7.08. The number of amides is 2. The summed E-state index contributed by atoms with van der Waals surface area (Å²) in [4.78, 5) is 33.4. The molecule has 2 atom stereocenters. The third-order valence-corrected chi connectivity index (χ3v) is 2.05. The van der Waals surface area contributed by atoms with Gasteiger partial charge < -0.3 is 20.1 Å². The molecular formula is C8H12N2O5. The number of hydrogen-bond donors (Lipinski definition) is 2. The molecule has 15 heavy (non-hydrogen) atoms. The van der Waals surface area contributed by atoms with E-state index in [1.54, 1.807) is 0 Å².